The molecule has 0 aromatic heterocycles. The van der Waals surface area contributed by atoms with Gasteiger partial charge in [-0.25, -0.2) is 0 Å². The van der Waals surface area contributed by atoms with Gasteiger partial charge in [0.05, 0.1) is 17.2 Å². The highest BCUT2D eigenvalue weighted by molar-refractivity contribution is 5.56. The van der Waals surface area contributed by atoms with Crippen LogP contribution in [0.25, 0.3) is 0 Å². The Balaban J connectivity index is 1.76. The molecular weight excluding hydrogens is 315 g/mol. The van der Waals surface area contributed by atoms with E-state index in [-0.39, 0.29) is 5.56 Å². The molecule has 3 nitrogen and oxygen atoms in total. The van der Waals surface area contributed by atoms with Crippen LogP contribution in [0.1, 0.15) is 11.1 Å². The monoisotopic (exact) mass is 331 g/mol. The van der Waals surface area contributed by atoms with Crippen LogP contribution in [0.3, 0.4) is 0 Å². The molecule has 1 aliphatic heterocycles. The van der Waals surface area contributed by atoms with E-state index in [2.05, 4.69) is 4.90 Å². The molecule has 0 amide bonds. The predicted molar refractivity (Wildman–Crippen MR) is 87.0 cm³/mol. The van der Waals surface area contributed by atoms with Gasteiger partial charge in [0, 0.05) is 37.6 Å². The SMILES string of the molecule is N#Cc1ccc(N2CCN(c3ccccc3)CC2)cc1C(F)(F)F. The van der Waals surface area contributed by atoms with Gasteiger partial charge in [-0.3, -0.25) is 0 Å². The van der Waals surface area contributed by atoms with Crippen molar-refractivity contribution in [3.05, 3.63) is 59.7 Å². The second-order valence-electron chi connectivity index (χ2n) is 5.65. The highest BCUT2D eigenvalue weighted by atomic mass is 19.4. The molecule has 1 aliphatic rings. The van der Waals surface area contributed by atoms with Gasteiger partial charge in [-0.15, -0.1) is 0 Å². The minimum absolute atomic E-state index is 0.339. The van der Waals surface area contributed by atoms with Gasteiger partial charge in [0.2, 0.25) is 0 Å². The Morgan fingerprint density at radius 1 is 0.833 bits per heavy atom. The lowest BCUT2D eigenvalue weighted by Crippen LogP contribution is -2.46. The molecule has 0 unspecified atom stereocenters. The lowest BCUT2D eigenvalue weighted by Gasteiger charge is -2.37. The quantitative estimate of drug-likeness (QED) is 0.836. The zero-order valence-corrected chi connectivity index (χ0v) is 12.9. The van der Waals surface area contributed by atoms with E-state index in [0.717, 1.165) is 24.8 Å². The Morgan fingerprint density at radius 3 is 1.96 bits per heavy atom. The Labute approximate surface area is 138 Å². The molecule has 0 saturated carbocycles. The van der Waals surface area contributed by atoms with E-state index in [1.54, 1.807) is 12.1 Å². The normalized spacial score (nSPS) is 15.2. The molecule has 1 saturated heterocycles. The van der Waals surface area contributed by atoms with Crippen molar-refractivity contribution in [3.8, 4) is 6.07 Å². The minimum atomic E-state index is -4.52. The maximum Gasteiger partial charge on any atom is 0.417 e. The van der Waals surface area contributed by atoms with Crippen LogP contribution in [0.4, 0.5) is 24.5 Å². The molecule has 124 valence electrons. The lowest BCUT2D eigenvalue weighted by atomic mass is 10.1. The summed E-state index contributed by atoms with van der Waals surface area (Å²) in [6, 6.07) is 15.5. The minimum Gasteiger partial charge on any atom is -0.368 e. The molecule has 0 aliphatic carbocycles. The number of benzene rings is 2. The zero-order chi connectivity index (χ0) is 17.2. The molecule has 0 atom stereocenters. The molecule has 6 heteroatoms. The Kier molecular flexibility index (Phi) is 4.34. The van der Waals surface area contributed by atoms with Crippen LogP contribution in [0.15, 0.2) is 48.5 Å². The van der Waals surface area contributed by atoms with Gasteiger partial charge in [-0.1, -0.05) is 18.2 Å². The van der Waals surface area contributed by atoms with Gasteiger partial charge in [0.1, 0.15) is 0 Å². The fraction of sp³-hybridized carbons (Fsp3) is 0.278. The van der Waals surface area contributed by atoms with Gasteiger partial charge in [-0.2, -0.15) is 18.4 Å². The summed E-state index contributed by atoms with van der Waals surface area (Å²) in [5, 5.41) is 8.87. The molecule has 3 rings (SSSR count). The van der Waals surface area contributed by atoms with E-state index in [0.29, 0.717) is 18.8 Å². The fourth-order valence-corrected chi connectivity index (χ4v) is 2.92. The summed E-state index contributed by atoms with van der Waals surface area (Å²) in [4.78, 5) is 4.14. The van der Waals surface area contributed by atoms with Crippen molar-refractivity contribution in [3.63, 3.8) is 0 Å². The predicted octanol–water partition coefficient (Wildman–Crippen LogP) is 3.90. The first-order chi connectivity index (χ1) is 11.5. The maximum absolute atomic E-state index is 13.1. The first-order valence-electron chi connectivity index (χ1n) is 7.65. The number of piperazine rings is 1. The molecule has 1 fully saturated rings. The smallest absolute Gasteiger partial charge is 0.368 e. The number of hydrogen-bond donors (Lipinski definition) is 0. The Hall–Kier alpha value is -2.68. The van der Waals surface area contributed by atoms with Crippen LogP contribution < -0.4 is 9.80 Å². The van der Waals surface area contributed by atoms with Gasteiger partial charge in [-0.05, 0) is 30.3 Å². The second-order valence-corrected chi connectivity index (χ2v) is 5.65. The van der Waals surface area contributed by atoms with Crippen molar-refractivity contribution in [2.75, 3.05) is 36.0 Å². The maximum atomic E-state index is 13.1. The van der Waals surface area contributed by atoms with Crippen molar-refractivity contribution in [2.45, 2.75) is 6.18 Å². The highest BCUT2D eigenvalue weighted by Crippen LogP contribution is 2.34. The fourth-order valence-electron chi connectivity index (χ4n) is 2.92. The number of halogens is 3. The summed E-state index contributed by atoms with van der Waals surface area (Å²) >= 11 is 0. The topological polar surface area (TPSA) is 30.3 Å². The molecule has 24 heavy (non-hydrogen) atoms. The second kappa shape index (κ2) is 6.44. The van der Waals surface area contributed by atoms with Gasteiger partial charge in [0.25, 0.3) is 0 Å². The van der Waals surface area contributed by atoms with Crippen LogP contribution >= 0.6 is 0 Å². The molecule has 1 heterocycles. The summed E-state index contributed by atoms with van der Waals surface area (Å²) < 4.78 is 39.3. The van der Waals surface area contributed by atoms with Crippen molar-refractivity contribution in [1.29, 1.82) is 5.26 Å². The van der Waals surface area contributed by atoms with Crippen molar-refractivity contribution >= 4 is 11.4 Å². The van der Waals surface area contributed by atoms with Crippen LogP contribution in [0, 0.1) is 11.3 Å². The average molecular weight is 331 g/mol. The van der Waals surface area contributed by atoms with Crippen LogP contribution in [0.2, 0.25) is 0 Å². The van der Waals surface area contributed by atoms with Gasteiger partial charge in [0.15, 0.2) is 0 Å². The Morgan fingerprint density at radius 2 is 1.42 bits per heavy atom. The molecular formula is C18H16F3N3. The van der Waals surface area contributed by atoms with E-state index in [1.807, 2.05) is 35.2 Å². The average Bonchev–Trinajstić information content (AvgIpc) is 2.61. The highest BCUT2D eigenvalue weighted by Gasteiger charge is 2.34. The number of nitriles is 1. The number of alkyl halides is 3. The first kappa shape index (κ1) is 16.2. The summed E-state index contributed by atoms with van der Waals surface area (Å²) in [7, 11) is 0. The zero-order valence-electron chi connectivity index (χ0n) is 12.9. The molecule has 0 radical (unpaired) electrons. The van der Waals surface area contributed by atoms with E-state index >= 15 is 0 Å². The lowest BCUT2D eigenvalue weighted by molar-refractivity contribution is -0.137. The van der Waals surface area contributed by atoms with E-state index < -0.39 is 11.7 Å². The summed E-state index contributed by atoms with van der Waals surface area (Å²) in [6.07, 6.45) is -4.52. The van der Waals surface area contributed by atoms with Gasteiger partial charge < -0.3 is 9.80 Å². The third kappa shape index (κ3) is 3.30. The van der Waals surface area contributed by atoms with E-state index in [9.17, 15) is 13.2 Å². The summed E-state index contributed by atoms with van der Waals surface area (Å²) in [6.45, 7) is 2.76. The van der Waals surface area contributed by atoms with Crippen LogP contribution in [0.5, 0.6) is 0 Å². The largest absolute Gasteiger partial charge is 0.417 e. The number of rotatable bonds is 2. The number of anilines is 2. The molecule has 2 aromatic carbocycles. The molecule has 0 N–H and O–H groups in total. The third-order valence-corrected chi connectivity index (χ3v) is 4.20. The number of para-hydroxylation sites is 1. The van der Waals surface area contributed by atoms with Crippen molar-refractivity contribution in [2.24, 2.45) is 0 Å². The van der Waals surface area contributed by atoms with Gasteiger partial charge >= 0.3 is 6.18 Å². The molecule has 2 aromatic rings. The number of nitrogens with zero attached hydrogens (tertiary/aromatic N) is 3. The first-order valence-corrected chi connectivity index (χ1v) is 7.65. The van der Waals surface area contributed by atoms with Crippen molar-refractivity contribution < 1.29 is 13.2 Å². The molecule has 0 bridgehead atoms. The van der Waals surface area contributed by atoms with E-state index in [4.69, 9.17) is 5.26 Å². The van der Waals surface area contributed by atoms with Crippen LogP contribution in [-0.4, -0.2) is 26.2 Å². The van der Waals surface area contributed by atoms with Crippen molar-refractivity contribution in [1.82, 2.24) is 0 Å². The molecule has 0 spiro atoms. The summed E-state index contributed by atoms with van der Waals surface area (Å²) in [5.74, 6) is 0. The number of hydrogen-bond acceptors (Lipinski definition) is 3. The van der Waals surface area contributed by atoms with Crippen LogP contribution in [-0.2, 0) is 6.18 Å². The Bertz CT molecular complexity index is 742. The summed E-state index contributed by atoms with van der Waals surface area (Å²) in [5.41, 5.74) is 0.421. The standard InChI is InChI=1S/C18H16F3N3/c19-18(20,21)17-12-16(7-6-14(17)13-22)24-10-8-23(9-11-24)15-4-2-1-3-5-15/h1-7,12H,8-11H2. The van der Waals surface area contributed by atoms with E-state index in [1.165, 1.54) is 6.07 Å². The third-order valence-electron chi connectivity index (χ3n) is 4.20.